The molecule has 0 spiro atoms. The Hall–Kier alpha value is -3.32. The number of nitrogens with zero attached hydrogens (tertiary/aromatic N) is 1. The molecule has 1 aliphatic heterocycles. The van der Waals surface area contributed by atoms with Gasteiger partial charge in [-0.3, -0.25) is 9.10 Å². The minimum absolute atomic E-state index is 0.0984. The van der Waals surface area contributed by atoms with Crippen molar-refractivity contribution < 1.29 is 17.9 Å². The molecule has 1 heterocycles. The SMILES string of the molecule is Cc1ccc2c(c1)O[C@@H](C(=O)NC[C@H](C)c1ccccc1)CN2S(=O)(=O)c1ccccc1. The predicted octanol–water partition coefficient (Wildman–Crippen LogP) is 3.87. The van der Waals surface area contributed by atoms with Gasteiger partial charge in [0.25, 0.3) is 15.9 Å². The number of benzene rings is 3. The minimum Gasteiger partial charge on any atom is -0.476 e. The van der Waals surface area contributed by atoms with Gasteiger partial charge in [-0.2, -0.15) is 0 Å². The second-order valence-corrected chi connectivity index (χ2v) is 9.85. The molecule has 0 unspecified atom stereocenters. The number of carbonyl (C=O) groups is 1. The van der Waals surface area contributed by atoms with Crippen molar-refractivity contribution in [2.75, 3.05) is 17.4 Å². The molecule has 4 rings (SSSR count). The maximum Gasteiger partial charge on any atom is 0.264 e. The van der Waals surface area contributed by atoms with E-state index < -0.39 is 16.1 Å². The third kappa shape index (κ3) is 4.48. The highest BCUT2D eigenvalue weighted by Crippen LogP contribution is 2.37. The first-order valence-corrected chi connectivity index (χ1v) is 12.0. The Morgan fingerprint density at radius 3 is 2.41 bits per heavy atom. The maximum absolute atomic E-state index is 13.4. The molecule has 0 aromatic heterocycles. The Balaban J connectivity index is 1.57. The number of rotatable bonds is 6. The lowest BCUT2D eigenvalue weighted by Crippen LogP contribution is -2.51. The molecule has 0 fully saturated rings. The van der Waals surface area contributed by atoms with E-state index in [4.69, 9.17) is 4.74 Å². The molecule has 6 nitrogen and oxygen atoms in total. The molecule has 2 atom stereocenters. The van der Waals surface area contributed by atoms with E-state index in [1.165, 1.54) is 4.31 Å². The topological polar surface area (TPSA) is 75.7 Å². The number of nitrogens with one attached hydrogen (secondary N) is 1. The summed E-state index contributed by atoms with van der Waals surface area (Å²) in [4.78, 5) is 13.2. The zero-order valence-electron chi connectivity index (χ0n) is 18.1. The standard InChI is InChI=1S/C25H26N2O4S/c1-18-13-14-22-23(15-18)31-24(17-27(22)32(29,30)21-11-7-4-8-12-21)25(28)26-16-19(2)20-9-5-3-6-10-20/h3-15,19,24H,16-17H2,1-2H3,(H,26,28)/t19-,24+/m0/s1. The van der Waals surface area contributed by atoms with E-state index in [1.54, 1.807) is 42.5 Å². The lowest BCUT2D eigenvalue weighted by Gasteiger charge is -2.35. The van der Waals surface area contributed by atoms with E-state index >= 15 is 0 Å². The van der Waals surface area contributed by atoms with Gasteiger partial charge in [-0.1, -0.05) is 61.5 Å². The second-order valence-electron chi connectivity index (χ2n) is 7.98. The van der Waals surface area contributed by atoms with Crippen LogP contribution in [0.15, 0.2) is 83.8 Å². The average Bonchev–Trinajstić information content (AvgIpc) is 2.82. The Morgan fingerprint density at radius 1 is 1.06 bits per heavy atom. The predicted molar refractivity (Wildman–Crippen MR) is 124 cm³/mol. The number of anilines is 1. The summed E-state index contributed by atoms with van der Waals surface area (Å²) < 4.78 is 34.0. The third-order valence-electron chi connectivity index (χ3n) is 5.56. The molecule has 1 aliphatic rings. The van der Waals surface area contributed by atoms with E-state index in [0.717, 1.165) is 11.1 Å². The molecule has 7 heteroatoms. The number of ether oxygens (including phenoxy) is 1. The van der Waals surface area contributed by atoms with Crippen LogP contribution in [-0.2, 0) is 14.8 Å². The van der Waals surface area contributed by atoms with Gasteiger partial charge in [-0.15, -0.1) is 0 Å². The zero-order chi connectivity index (χ0) is 22.7. The summed E-state index contributed by atoms with van der Waals surface area (Å²) in [5.74, 6) is 0.155. The first-order valence-electron chi connectivity index (χ1n) is 10.5. The van der Waals surface area contributed by atoms with Crippen LogP contribution in [0, 0.1) is 6.92 Å². The molecule has 1 N–H and O–H groups in total. The third-order valence-corrected chi connectivity index (χ3v) is 7.35. The van der Waals surface area contributed by atoms with Crippen LogP contribution in [0.1, 0.15) is 24.0 Å². The van der Waals surface area contributed by atoms with E-state index in [-0.39, 0.29) is 23.3 Å². The highest BCUT2D eigenvalue weighted by molar-refractivity contribution is 7.92. The summed E-state index contributed by atoms with van der Waals surface area (Å²) in [6.45, 7) is 4.25. The number of fused-ring (bicyclic) bond motifs is 1. The van der Waals surface area contributed by atoms with E-state index in [2.05, 4.69) is 5.32 Å². The smallest absolute Gasteiger partial charge is 0.264 e. The van der Waals surface area contributed by atoms with E-state index in [1.807, 2.05) is 50.2 Å². The van der Waals surface area contributed by atoms with Crippen LogP contribution in [0.25, 0.3) is 0 Å². The molecule has 1 amide bonds. The largest absolute Gasteiger partial charge is 0.476 e. The van der Waals surface area contributed by atoms with E-state index in [0.29, 0.717) is 18.0 Å². The normalized spacial score (nSPS) is 16.6. The van der Waals surface area contributed by atoms with Gasteiger partial charge in [0.15, 0.2) is 6.10 Å². The van der Waals surface area contributed by atoms with Gasteiger partial charge in [0, 0.05) is 6.54 Å². The van der Waals surface area contributed by atoms with Gasteiger partial charge >= 0.3 is 0 Å². The van der Waals surface area contributed by atoms with Gasteiger partial charge in [0.1, 0.15) is 5.75 Å². The maximum atomic E-state index is 13.4. The Morgan fingerprint density at radius 2 is 1.72 bits per heavy atom. The van der Waals surface area contributed by atoms with Crippen molar-refractivity contribution in [1.82, 2.24) is 5.32 Å². The van der Waals surface area contributed by atoms with Crippen molar-refractivity contribution >= 4 is 21.6 Å². The summed E-state index contributed by atoms with van der Waals surface area (Å²) in [7, 11) is -3.86. The molecule has 0 aliphatic carbocycles. The summed E-state index contributed by atoms with van der Waals surface area (Å²) in [5, 5.41) is 2.92. The zero-order valence-corrected chi connectivity index (χ0v) is 18.9. The molecule has 0 radical (unpaired) electrons. The summed E-state index contributed by atoms with van der Waals surface area (Å²) >= 11 is 0. The fraction of sp³-hybridized carbons (Fsp3) is 0.240. The molecular formula is C25H26N2O4S. The Labute approximate surface area is 188 Å². The quantitative estimate of drug-likeness (QED) is 0.619. The van der Waals surface area contributed by atoms with Crippen LogP contribution in [0.3, 0.4) is 0 Å². The van der Waals surface area contributed by atoms with Crippen molar-refractivity contribution in [2.45, 2.75) is 30.8 Å². The molecule has 0 saturated heterocycles. The highest BCUT2D eigenvalue weighted by atomic mass is 32.2. The fourth-order valence-electron chi connectivity index (χ4n) is 3.71. The summed E-state index contributed by atoms with van der Waals surface area (Å²) in [6, 6.07) is 23.4. The first kappa shape index (κ1) is 21.9. The molecule has 3 aromatic rings. The lowest BCUT2D eigenvalue weighted by atomic mass is 10.0. The summed E-state index contributed by atoms with van der Waals surface area (Å²) in [5.41, 5.74) is 2.47. The van der Waals surface area contributed by atoms with Crippen molar-refractivity contribution in [2.24, 2.45) is 0 Å². The lowest BCUT2D eigenvalue weighted by molar-refractivity contribution is -0.127. The summed E-state index contributed by atoms with van der Waals surface area (Å²) in [6.07, 6.45) is -0.953. The number of sulfonamides is 1. The van der Waals surface area contributed by atoms with Crippen molar-refractivity contribution in [3.63, 3.8) is 0 Å². The van der Waals surface area contributed by atoms with Crippen molar-refractivity contribution in [1.29, 1.82) is 0 Å². The molecule has 166 valence electrons. The Bertz CT molecular complexity index is 1200. The van der Waals surface area contributed by atoms with Crippen LogP contribution in [0.4, 0.5) is 5.69 Å². The minimum atomic E-state index is -3.86. The van der Waals surface area contributed by atoms with Gasteiger partial charge in [-0.25, -0.2) is 8.42 Å². The van der Waals surface area contributed by atoms with Crippen LogP contribution >= 0.6 is 0 Å². The average molecular weight is 451 g/mol. The van der Waals surface area contributed by atoms with Gasteiger partial charge in [-0.05, 0) is 48.2 Å². The molecule has 0 saturated carbocycles. The number of aryl methyl sites for hydroxylation is 1. The molecule has 32 heavy (non-hydrogen) atoms. The fourth-order valence-corrected chi connectivity index (χ4v) is 5.21. The molecular weight excluding hydrogens is 424 g/mol. The molecule has 3 aromatic carbocycles. The van der Waals surface area contributed by atoms with Gasteiger partial charge < -0.3 is 10.1 Å². The van der Waals surface area contributed by atoms with Crippen molar-refractivity contribution in [3.8, 4) is 5.75 Å². The van der Waals surface area contributed by atoms with E-state index in [9.17, 15) is 13.2 Å². The van der Waals surface area contributed by atoms with Crippen LogP contribution < -0.4 is 14.4 Å². The monoisotopic (exact) mass is 450 g/mol. The van der Waals surface area contributed by atoms with Crippen LogP contribution in [0.2, 0.25) is 0 Å². The number of carbonyl (C=O) groups excluding carboxylic acids is 1. The van der Waals surface area contributed by atoms with Crippen LogP contribution in [0.5, 0.6) is 5.75 Å². The first-order chi connectivity index (χ1) is 15.4. The van der Waals surface area contributed by atoms with Crippen LogP contribution in [-0.4, -0.2) is 33.5 Å². The number of hydrogen-bond acceptors (Lipinski definition) is 4. The number of hydrogen-bond donors (Lipinski definition) is 1. The van der Waals surface area contributed by atoms with Gasteiger partial charge in [0.05, 0.1) is 17.1 Å². The second kappa shape index (κ2) is 9.04. The van der Waals surface area contributed by atoms with Gasteiger partial charge in [0.2, 0.25) is 0 Å². The van der Waals surface area contributed by atoms with Crippen molar-refractivity contribution in [3.05, 3.63) is 90.0 Å². The Kier molecular flexibility index (Phi) is 6.19. The molecule has 0 bridgehead atoms. The number of amides is 1. The highest BCUT2D eigenvalue weighted by Gasteiger charge is 2.37.